The van der Waals surface area contributed by atoms with Gasteiger partial charge in [-0.15, -0.1) is 5.10 Å². The maximum absolute atomic E-state index is 11.9. The van der Waals surface area contributed by atoms with Crippen LogP contribution < -0.4 is 5.32 Å². The first-order valence-electron chi connectivity index (χ1n) is 5.57. The van der Waals surface area contributed by atoms with Crippen LogP contribution in [0.4, 0.5) is 5.69 Å². The van der Waals surface area contributed by atoms with Gasteiger partial charge in [-0.2, -0.15) is 0 Å². The number of aromatic nitrogens is 4. The van der Waals surface area contributed by atoms with Gasteiger partial charge in [-0.05, 0) is 18.9 Å². The number of aromatic amines is 1. The molecule has 1 aliphatic carbocycles. The number of hydrogen-bond acceptors (Lipinski definition) is 4. The van der Waals surface area contributed by atoms with E-state index < -0.39 is 5.91 Å². The first-order valence-corrected chi connectivity index (χ1v) is 5.95. The first-order chi connectivity index (χ1) is 8.74. The van der Waals surface area contributed by atoms with E-state index in [0.29, 0.717) is 16.6 Å². The highest BCUT2D eigenvalue weighted by atomic mass is 35.5. The highest BCUT2D eigenvalue weighted by Crippen LogP contribution is 2.37. The zero-order valence-electron chi connectivity index (χ0n) is 9.35. The topological polar surface area (TPSA) is 83.6 Å². The summed E-state index contributed by atoms with van der Waals surface area (Å²) in [6.07, 6.45) is 5.24. The second kappa shape index (κ2) is 4.38. The SMILES string of the molecule is O=C(Nc1cnccc1Cl)c1n[nH]c(C2CC2)n1. The fourth-order valence-corrected chi connectivity index (χ4v) is 1.72. The molecule has 7 heteroatoms. The standard InChI is InChI=1S/C11H10ClN5O/c12-7-3-4-13-5-8(7)14-11(18)10-15-9(16-17-10)6-1-2-6/h3-6H,1-2H2,(H,14,18)(H,15,16,17). The van der Waals surface area contributed by atoms with Crippen molar-refractivity contribution >= 4 is 23.2 Å². The zero-order valence-corrected chi connectivity index (χ0v) is 10.1. The van der Waals surface area contributed by atoms with Crippen molar-refractivity contribution in [3.63, 3.8) is 0 Å². The Hall–Kier alpha value is -1.95. The average molecular weight is 264 g/mol. The summed E-state index contributed by atoms with van der Waals surface area (Å²) in [5.74, 6) is 0.934. The van der Waals surface area contributed by atoms with Crippen LogP contribution in [0.3, 0.4) is 0 Å². The van der Waals surface area contributed by atoms with Crippen LogP contribution in [0.25, 0.3) is 0 Å². The Bertz CT molecular complexity index is 593. The maximum Gasteiger partial charge on any atom is 0.295 e. The highest BCUT2D eigenvalue weighted by molar-refractivity contribution is 6.33. The Morgan fingerprint density at radius 2 is 2.33 bits per heavy atom. The molecule has 1 amide bonds. The molecule has 2 heterocycles. The van der Waals surface area contributed by atoms with E-state index in [9.17, 15) is 4.79 Å². The number of anilines is 1. The summed E-state index contributed by atoms with van der Waals surface area (Å²) in [4.78, 5) is 19.9. The predicted octanol–water partition coefficient (Wildman–Crippen LogP) is 1.98. The molecule has 2 N–H and O–H groups in total. The molecule has 0 bridgehead atoms. The zero-order chi connectivity index (χ0) is 12.5. The number of carbonyl (C=O) groups is 1. The van der Waals surface area contributed by atoms with Crippen LogP contribution in [0.15, 0.2) is 18.5 Å². The minimum atomic E-state index is -0.395. The Balaban J connectivity index is 1.76. The lowest BCUT2D eigenvalue weighted by Gasteiger charge is -2.03. The molecule has 92 valence electrons. The van der Waals surface area contributed by atoms with E-state index in [1.807, 2.05) is 0 Å². The molecule has 18 heavy (non-hydrogen) atoms. The average Bonchev–Trinajstić information content (AvgIpc) is 3.10. The summed E-state index contributed by atoms with van der Waals surface area (Å²) in [6, 6.07) is 1.60. The van der Waals surface area contributed by atoms with Gasteiger partial charge in [0.05, 0.1) is 16.9 Å². The second-order valence-corrected chi connectivity index (χ2v) is 4.54. The number of carbonyl (C=O) groups excluding carboxylic acids is 1. The van der Waals surface area contributed by atoms with Gasteiger partial charge in [-0.1, -0.05) is 11.6 Å². The first kappa shape index (κ1) is 11.2. The van der Waals surface area contributed by atoms with Crippen LogP contribution in [0.2, 0.25) is 5.02 Å². The predicted molar refractivity (Wildman–Crippen MR) is 65.6 cm³/mol. The van der Waals surface area contributed by atoms with Crippen LogP contribution in [-0.4, -0.2) is 26.1 Å². The van der Waals surface area contributed by atoms with Gasteiger partial charge in [0, 0.05) is 12.1 Å². The Morgan fingerprint density at radius 1 is 1.50 bits per heavy atom. The number of rotatable bonds is 3. The van der Waals surface area contributed by atoms with Crippen LogP contribution in [0.1, 0.15) is 35.2 Å². The molecule has 1 saturated carbocycles. The number of halogens is 1. The van der Waals surface area contributed by atoms with Crippen molar-refractivity contribution in [2.24, 2.45) is 0 Å². The van der Waals surface area contributed by atoms with E-state index in [4.69, 9.17) is 11.6 Å². The van der Waals surface area contributed by atoms with Crippen LogP contribution >= 0.6 is 11.6 Å². The van der Waals surface area contributed by atoms with Crippen LogP contribution in [0, 0.1) is 0 Å². The monoisotopic (exact) mass is 263 g/mol. The molecular weight excluding hydrogens is 254 g/mol. The number of nitrogens with one attached hydrogen (secondary N) is 2. The van der Waals surface area contributed by atoms with Gasteiger partial charge in [-0.25, -0.2) is 4.98 Å². The molecule has 2 aromatic rings. The van der Waals surface area contributed by atoms with Crippen molar-refractivity contribution in [2.45, 2.75) is 18.8 Å². The van der Waals surface area contributed by atoms with Crippen molar-refractivity contribution in [3.05, 3.63) is 35.1 Å². The number of H-pyrrole nitrogens is 1. The fourth-order valence-electron chi connectivity index (χ4n) is 1.56. The number of nitrogens with zero attached hydrogens (tertiary/aromatic N) is 3. The molecule has 0 atom stereocenters. The Labute approximate surface area is 108 Å². The van der Waals surface area contributed by atoms with Gasteiger partial charge in [0.2, 0.25) is 5.82 Å². The van der Waals surface area contributed by atoms with Gasteiger partial charge in [0.25, 0.3) is 5.91 Å². The summed E-state index contributed by atoms with van der Waals surface area (Å²) in [5, 5.41) is 9.72. The van der Waals surface area contributed by atoms with Gasteiger partial charge >= 0.3 is 0 Å². The molecular formula is C11H10ClN5O. The summed E-state index contributed by atoms with van der Waals surface area (Å²) >= 11 is 5.92. The third-order valence-electron chi connectivity index (χ3n) is 2.69. The van der Waals surface area contributed by atoms with E-state index in [-0.39, 0.29) is 5.82 Å². The molecule has 0 spiro atoms. The van der Waals surface area contributed by atoms with Gasteiger partial charge < -0.3 is 5.32 Å². The third kappa shape index (κ3) is 2.19. The lowest BCUT2D eigenvalue weighted by Crippen LogP contribution is -2.14. The number of hydrogen-bond donors (Lipinski definition) is 2. The number of amides is 1. The van der Waals surface area contributed by atoms with Gasteiger partial charge in [0.15, 0.2) is 0 Å². The van der Waals surface area contributed by atoms with Crippen molar-refractivity contribution in [1.82, 2.24) is 20.2 Å². The molecule has 3 rings (SSSR count). The molecule has 0 saturated heterocycles. The summed E-state index contributed by atoms with van der Waals surface area (Å²) < 4.78 is 0. The molecule has 0 aromatic carbocycles. The van der Waals surface area contributed by atoms with Crippen molar-refractivity contribution in [3.8, 4) is 0 Å². The van der Waals surface area contributed by atoms with E-state index >= 15 is 0 Å². The van der Waals surface area contributed by atoms with Crippen molar-refractivity contribution < 1.29 is 4.79 Å². The van der Waals surface area contributed by atoms with E-state index in [1.54, 1.807) is 12.3 Å². The third-order valence-corrected chi connectivity index (χ3v) is 3.02. The minimum absolute atomic E-state index is 0.122. The molecule has 0 radical (unpaired) electrons. The molecule has 2 aromatic heterocycles. The molecule has 6 nitrogen and oxygen atoms in total. The summed E-state index contributed by atoms with van der Waals surface area (Å²) in [7, 11) is 0. The lowest BCUT2D eigenvalue weighted by atomic mass is 10.4. The Kier molecular flexibility index (Phi) is 2.71. The van der Waals surface area contributed by atoms with Crippen LogP contribution in [0.5, 0.6) is 0 Å². The van der Waals surface area contributed by atoms with Crippen molar-refractivity contribution in [2.75, 3.05) is 5.32 Å². The molecule has 1 aliphatic rings. The number of pyridine rings is 1. The smallest absolute Gasteiger partial charge is 0.295 e. The van der Waals surface area contributed by atoms with E-state index in [0.717, 1.165) is 18.7 Å². The fraction of sp³-hybridized carbons (Fsp3) is 0.273. The normalized spacial score (nSPS) is 14.5. The van der Waals surface area contributed by atoms with E-state index in [2.05, 4.69) is 25.5 Å². The van der Waals surface area contributed by atoms with Gasteiger partial charge in [0.1, 0.15) is 5.82 Å². The molecule has 1 fully saturated rings. The molecule has 0 unspecified atom stereocenters. The van der Waals surface area contributed by atoms with Gasteiger partial charge in [-0.3, -0.25) is 14.9 Å². The minimum Gasteiger partial charge on any atom is -0.317 e. The quantitative estimate of drug-likeness (QED) is 0.887. The lowest BCUT2D eigenvalue weighted by molar-refractivity contribution is 0.101. The summed E-state index contributed by atoms with van der Waals surface area (Å²) in [5.41, 5.74) is 0.446. The van der Waals surface area contributed by atoms with E-state index in [1.165, 1.54) is 6.20 Å². The second-order valence-electron chi connectivity index (χ2n) is 4.13. The highest BCUT2D eigenvalue weighted by Gasteiger charge is 2.28. The largest absolute Gasteiger partial charge is 0.317 e. The molecule has 0 aliphatic heterocycles. The maximum atomic E-state index is 11.9. The van der Waals surface area contributed by atoms with Crippen molar-refractivity contribution in [1.29, 1.82) is 0 Å². The van der Waals surface area contributed by atoms with Crippen LogP contribution in [-0.2, 0) is 0 Å². The summed E-state index contributed by atoms with van der Waals surface area (Å²) in [6.45, 7) is 0. The Morgan fingerprint density at radius 3 is 3.06 bits per heavy atom.